The molecule has 1 aromatic heterocycles. The van der Waals surface area contributed by atoms with Crippen LogP contribution in [0.4, 0.5) is 5.82 Å². The molecule has 0 radical (unpaired) electrons. The number of hydrogen-bond acceptors (Lipinski definition) is 3. The van der Waals surface area contributed by atoms with Crippen LogP contribution in [-0.2, 0) is 0 Å². The Hall–Kier alpha value is -1.58. The predicted octanol–water partition coefficient (Wildman–Crippen LogP) is 2.67. The molecule has 1 aliphatic heterocycles. The van der Waals surface area contributed by atoms with Gasteiger partial charge in [0.25, 0.3) is 5.91 Å². The number of piperidine rings is 1. The van der Waals surface area contributed by atoms with E-state index in [0.717, 1.165) is 25.2 Å². The molecule has 1 aliphatic carbocycles. The van der Waals surface area contributed by atoms with Crippen LogP contribution in [-0.4, -0.2) is 34.4 Å². The molecular weight excluding hydrogens is 238 g/mol. The molecule has 1 aromatic rings. The molecule has 1 amide bonds. The molecule has 1 saturated heterocycles. The van der Waals surface area contributed by atoms with Crippen LogP contribution in [0.1, 0.15) is 49.4 Å². The van der Waals surface area contributed by atoms with Crippen molar-refractivity contribution in [3.8, 4) is 0 Å². The summed E-state index contributed by atoms with van der Waals surface area (Å²) in [7, 11) is 0. The zero-order chi connectivity index (χ0) is 13.2. The Balaban J connectivity index is 1.68. The van der Waals surface area contributed by atoms with E-state index in [-0.39, 0.29) is 5.91 Å². The average Bonchev–Trinajstić information content (AvgIpc) is 3.23. The van der Waals surface area contributed by atoms with E-state index in [9.17, 15) is 4.79 Å². The number of aromatic nitrogens is 1. The lowest BCUT2D eigenvalue weighted by molar-refractivity contribution is 0.0635. The molecule has 19 heavy (non-hydrogen) atoms. The summed E-state index contributed by atoms with van der Waals surface area (Å²) in [5.41, 5.74) is 0.704. The SMILES string of the molecule is CC1CCCCN1C(=O)c1ccc(NC2CC2)nc1. The molecule has 0 bridgehead atoms. The van der Waals surface area contributed by atoms with Gasteiger partial charge in [-0.2, -0.15) is 0 Å². The summed E-state index contributed by atoms with van der Waals surface area (Å²) in [5, 5.41) is 3.33. The number of amides is 1. The van der Waals surface area contributed by atoms with Crippen LogP contribution >= 0.6 is 0 Å². The predicted molar refractivity (Wildman–Crippen MR) is 75.2 cm³/mol. The summed E-state index contributed by atoms with van der Waals surface area (Å²) >= 11 is 0. The standard InChI is InChI=1S/C15H21N3O/c1-11-4-2-3-9-18(11)15(19)12-5-8-14(16-10-12)17-13-6-7-13/h5,8,10-11,13H,2-4,6-7,9H2,1H3,(H,16,17). The normalized spacial score (nSPS) is 23.2. The van der Waals surface area contributed by atoms with Crippen LogP contribution in [0.3, 0.4) is 0 Å². The highest BCUT2D eigenvalue weighted by Gasteiger charge is 2.25. The number of nitrogens with zero attached hydrogens (tertiary/aromatic N) is 2. The van der Waals surface area contributed by atoms with Gasteiger partial charge in [0.15, 0.2) is 0 Å². The van der Waals surface area contributed by atoms with Crippen LogP contribution in [0.5, 0.6) is 0 Å². The van der Waals surface area contributed by atoms with Crippen molar-refractivity contribution in [2.45, 2.75) is 51.1 Å². The monoisotopic (exact) mass is 259 g/mol. The first kappa shape index (κ1) is 12.5. The van der Waals surface area contributed by atoms with Gasteiger partial charge in [-0.15, -0.1) is 0 Å². The third kappa shape index (κ3) is 2.88. The highest BCUT2D eigenvalue weighted by molar-refractivity contribution is 5.94. The molecule has 102 valence electrons. The average molecular weight is 259 g/mol. The molecule has 1 unspecified atom stereocenters. The molecule has 3 rings (SSSR count). The molecule has 1 N–H and O–H groups in total. The van der Waals surface area contributed by atoms with Crippen LogP contribution in [0.25, 0.3) is 0 Å². The first-order chi connectivity index (χ1) is 9.24. The van der Waals surface area contributed by atoms with Crippen molar-refractivity contribution < 1.29 is 4.79 Å². The number of pyridine rings is 1. The first-order valence-electron chi connectivity index (χ1n) is 7.27. The highest BCUT2D eigenvalue weighted by atomic mass is 16.2. The van der Waals surface area contributed by atoms with E-state index in [4.69, 9.17) is 0 Å². The fraction of sp³-hybridized carbons (Fsp3) is 0.600. The lowest BCUT2D eigenvalue weighted by Gasteiger charge is -2.33. The van der Waals surface area contributed by atoms with E-state index in [0.29, 0.717) is 17.6 Å². The number of carbonyl (C=O) groups excluding carboxylic acids is 1. The van der Waals surface area contributed by atoms with E-state index in [1.807, 2.05) is 17.0 Å². The molecule has 1 atom stereocenters. The Morgan fingerprint density at radius 1 is 1.32 bits per heavy atom. The van der Waals surface area contributed by atoms with E-state index < -0.39 is 0 Å². The van der Waals surface area contributed by atoms with Crippen LogP contribution in [0.15, 0.2) is 18.3 Å². The Morgan fingerprint density at radius 3 is 2.79 bits per heavy atom. The third-order valence-electron chi connectivity index (χ3n) is 4.00. The maximum Gasteiger partial charge on any atom is 0.255 e. The second kappa shape index (κ2) is 5.19. The number of likely N-dealkylation sites (tertiary alicyclic amines) is 1. The lowest BCUT2D eigenvalue weighted by Crippen LogP contribution is -2.42. The number of carbonyl (C=O) groups is 1. The molecule has 0 aromatic carbocycles. The van der Waals surface area contributed by atoms with Gasteiger partial charge in [-0.3, -0.25) is 4.79 Å². The summed E-state index contributed by atoms with van der Waals surface area (Å²) in [4.78, 5) is 18.7. The first-order valence-corrected chi connectivity index (χ1v) is 7.27. The van der Waals surface area contributed by atoms with Crippen molar-refractivity contribution in [1.82, 2.24) is 9.88 Å². The summed E-state index contributed by atoms with van der Waals surface area (Å²) in [6.07, 6.45) is 7.62. The van der Waals surface area contributed by atoms with Gasteiger partial charge in [-0.05, 0) is 51.2 Å². The Morgan fingerprint density at radius 2 is 2.16 bits per heavy atom. The van der Waals surface area contributed by atoms with Crippen molar-refractivity contribution in [3.05, 3.63) is 23.9 Å². The minimum Gasteiger partial charge on any atom is -0.367 e. The molecule has 0 spiro atoms. The quantitative estimate of drug-likeness (QED) is 0.907. The van der Waals surface area contributed by atoms with E-state index >= 15 is 0 Å². The van der Waals surface area contributed by atoms with Gasteiger partial charge in [0.2, 0.25) is 0 Å². The van der Waals surface area contributed by atoms with E-state index in [2.05, 4.69) is 17.2 Å². The van der Waals surface area contributed by atoms with Gasteiger partial charge >= 0.3 is 0 Å². The minimum atomic E-state index is 0.123. The Bertz CT molecular complexity index is 453. The Kier molecular flexibility index (Phi) is 3.40. The number of anilines is 1. The van der Waals surface area contributed by atoms with Gasteiger partial charge < -0.3 is 10.2 Å². The third-order valence-corrected chi connectivity index (χ3v) is 4.00. The Labute approximate surface area is 114 Å². The summed E-state index contributed by atoms with van der Waals surface area (Å²) in [5.74, 6) is 1.00. The second-order valence-corrected chi connectivity index (χ2v) is 5.69. The summed E-state index contributed by atoms with van der Waals surface area (Å²) in [6.45, 7) is 3.01. The summed E-state index contributed by atoms with van der Waals surface area (Å²) in [6, 6.07) is 4.75. The maximum atomic E-state index is 12.4. The second-order valence-electron chi connectivity index (χ2n) is 5.69. The summed E-state index contributed by atoms with van der Waals surface area (Å²) < 4.78 is 0. The van der Waals surface area contributed by atoms with Gasteiger partial charge in [-0.1, -0.05) is 0 Å². The molecule has 1 saturated carbocycles. The van der Waals surface area contributed by atoms with Crippen LogP contribution < -0.4 is 5.32 Å². The number of hydrogen-bond donors (Lipinski definition) is 1. The maximum absolute atomic E-state index is 12.4. The lowest BCUT2D eigenvalue weighted by atomic mass is 10.0. The van der Waals surface area contributed by atoms with Gasteiger partial charge in [0.1, 0.15) is 5.82 Å². The van der Waals surface area contributed by atoms with Crippen molar-refractivity contribution >= 4 is 11.7 Å². The van der Waals surface area contributed by atoms with E-state index in [1.54, 1.807) is 6.20 Å². The smallest absolute Gasteiger partial charge is 0.255 e. The van der Waals surface area contributed by atoms with Crippen LogP contribution in [0.2, 0.25) is 0 Å². The van der Waals surface area contributed by atoms with Gasteiger partial charge in [0.05, 0.1) is 5.56 Å². The minimum absolute atomic E-state index is 0.123. The van der Waals surface area contributed by atoms with Gasteiger partial charge in [-0.25, -0.2) is 4.98 Å². The number of rotatable bonds is 3. The zero-order valence-electron chi connectivity index (χ0n) is 11.4. The van der Waals surface area contributed by atoms with Crippen LogP contribution in [0, 0.1) is 0 Å². The molecule has 2 aliphatic rings. The molecule has 2 fully saturated rings. The van der Waals surface area contributed by atoms with E-state index in [1.165, 1.54) is 19.3 Å². The van der Waals surface area contributed by atoms with Crippen molar-refractivity contribution in [2.24, 2.45) is 0 Å². The van der Waals surface area contributed by atoms with Gasteiger partial charge in [0, 0.05) is 24.8 Å². The van der Waals surface area contributed by atoms with Crippen molar-refractivity contribution in [2.75, 3.05) is 11.9 Å². The zero-order valence-corrected chi connectivity index (χ0v) is 11.4. The largest absolute Gasteiger partial charge is 0.367 e. The van der Waals surface area contributed by atoms with Crippen molar-refractivity contribution in [1.29, 1.82) is 0 Å². The molecule has 4 nitrogen and oxygen atoms in total. The fourth-order valence-corrected chi connectivity index (χ4v) is 2.61. The van der Waals surface area contributed by atoms with Crippen molar-refractivity contribution in [3.63, 3.8) is 0 Å². The topological polar surface area (TPSA) is 45.2 Å². The highest BCUT2D eigenvalue weighted by Crippen LogP contribution is 2.24. The number of nitrogens with one attached hydrogen (secondary N) is 1. The fourth-order valence-electron chi connectivity index (χ4n) is 2.61. The molecule has 2 heterocycles. The molecular formula is C15H21N3O. The molecule has 4 heteroatoms.